The van der Waals surface area contributed by atoms with E-state index in [1.54, 1.807) is 48.9 Å². The molecule has 1 aromatic heterocycles. The minimum atomic E-state index is -0.532. The number of phenolic OH excluding ortho intramolecular Hbond substituents is 1. The molecular formula is C23H22FN3O4S. The number of aromatic nitrogens is 2. The van der Waals surface area contributed by atoms with Crippen molar-refractivity contribution in [3.63, 3.8) is 0 Å². The van der Waals surface area contributed by atoms with E-state index >= 15 is 0 Å². The number of amides is 1. The summed E-state index contributed by atoms with van der Waals surface area (Å²) in [7, 11) is 1.71. The zero-order valence-corrected chi connectivity index (χ0v) is 18.4. The van der Waals surface area contributed by atoms with E-state index in [0.29, 0.717) is 45.8 Å². The highest BCUT2D eigenvalue weighted by Crippen LogP contribution is 2.39. The quantitative estimate of drug-likeness (QED) is 0.434. The average molecular weight is 456 g/mol. The van der Waals surface area contributed by atoms with Gasteiger partial charge in [0.1, 0.15) is 11.6 Å². The lowest BCUT2D eigenvalue weighted by Gasteiger charge is -2.27. The number of fused-ring (bicyclic) bond motifs is 1. The molecule has 0 saturated carbocycles. The van der Waals surface area contributed by atoms with Crippen LogP contribution in [0.2, 0.25) is 0 Å². The Morgan fingerprint density at radius 1 is 1.28 bits per heavy atom. The number of nitrogens with zero attached hydrogens (tertiary/aromatic N) is 2. The largest absolute Gasteiger partial charge is 0.504 e. The molecule has 2 heterocycles. The monoisotopic (exact) mass is 455 g/mol. The zero-order valence-electron chi connectivity index (χ0n) is 17.6. The number of halogens is 1. The van der Waals surface area contributed by atoms with Gasteiger partial charge in [0, 0.05) is 25.1 Å². The number of thioether (sulfide) groups is 1. The number of hydrogen-bond donors (Lipinski definition) is 2. The Bertz CT molecular complexity index is 1240. The highest BCUT2D eigenvalue weighted by atomic mass is 32.2. The molecule has 0 saturated heterocycles. The molecule has 1 aliphatic heterocycles. The van der Waals surface area contributed by atoms with Crippen LogP contribution < -0.4 is 15.6 Å². The summed E-state index contributed by atoms with van der Waals surface area (Å²) in [4.78, 5) is 29.8. The minimum Gasteiger partial charge on any atom is -0.504 e. The standard InChI is InChI=1S/C23H22FN3O4S/c1-3-31-18-10-13(8-9-17(18)28)15-11-19(29)25-21-20(15)22(30)26-23(27(21)2)32-12-14-6-4-5-7-16(14)24/h4-10,15,28H,3,11-12H2,1-2H3,(H,25,29). The van der Waals surface area contributed by atoms with Crippen LogP contribution in [-0.4, -0.2) is 27.2 Å². The highest BCUT2D eigenvalue weighted by molar-refractivity contribution is 7.98. The Balaban J connectivity index is 1.72. The Morgan fingerprint density at radius 2 is 2.06 bits per heavy atom. The van der Waals surface area contributed by atoms with Crippen molar-refractivity contribution in [2.45, 2.75) is 30.2 Å². The summed E-state index contributed by atoms with van der Waals surface area (Å²) in [5.41, 5.74) is 1.09. The summed E-state index contributed by atoms with van der Waals surface area (Å²) < 4.78 is 21.1. The molecule has 0 spiro atoms. The fourth-order valence-electron chi connectivity index (χ4n) is 3.73. The van der Waals surface area contributed by atoms with Crippen LogP contribution >= 0.6 is 11.8 Å². The van der Waals surface area contributed by atoms with Gasteiger partial charge in [0.25, 0.3) is 5.56 Å². The maximum atomic E-state index is 14.0. The van der Waals surface area contributed by atoms with Crippen LogP contribution in [0.25, 0.3) is 0 Å². The van der Waals surface area contributed by atoms with Gasteiger partial charge in [0.15, 0.2) is 16.7 Å². The Hall–Kier alpha value is -3.33. The predicted molar refractivity (Wildman–Crippen MR) is 120 cm³/mol. The summed E-state index contributed by atoms with van der Waals surface area (Å²) in [5.74, 6) is -0.155. The van der Waals surface area contributed by atoms with E-state index in [1.807, 2.05) is 0 Å². The third kappa shape index (κ3) is 4.20. The number of rotatable bonds is 6. The van der Waals surface area contributed by atoms with Crippen LogP contribution in [0.15, 0.2) is 52.4 Å². The van der Waals surface area contributed by atoms with E-state index in [-0.39, 0.29) is 23.9 Å². The molecule has 2 N–H and O–H groups in total. The lowest BCUT2D eigenvalue weighted by molar-refractivity contribution is -0.116. The molecule has 1 atom stereocenters. The molecule has 0 fully saturated rings. The number of nitrogens with one attached hydrogen (secondary N) is 1. The van der Waals surface area contributed by atoms with Gasteiger partial charge < -0.3 is 19.7 Å². The van der Waals surface area contributed by atoms with Crippen molar-refractivity contribution >= 4 is 23.5 Å². The number of phenols is 1. The Kier molecular flexibility index (Phi) is 6.18. The summed E-state index contributed by atoms with van der Waals surface area (Å²) in [6, 6.07) is 11.2. The smallest absolute Gasteiger partial charge is 0.279 e. The van der Waals surface area contributed by atoms with Gasteiger partial charge in [0.2, 0.25) is 5.91 Å². The van der Waals surface area contributed by atoms with Crippen LogP contribution in [0.4, 0.5) is 10.2 Å². The average Bonchev–Trinajstić information content (AvgIpc) is 2.77. The van der Waals surface area contributed by atoms with Gasteiger partial charge in [-0.25, -0.2) is 4.39 Å². The lowest BCUT2D eigenvalue weighted by Crippen LogP contribution is -2.33. The Morgan fingerprint density at radius 3 is 2.81 bits per heavy atom. The molecule has 2 aromatic carbocycles. The summed E-state index contributed by atoms with van der Waals surface area (Å²) in [6.45, 7) is 2.17. The number of anilines is 1. The summed E-state index contributed by atoms with van der Waals surface area (Å²) in [6.07, 6.45) is 0.0714. The SMILES string of the molecule is CCOc1cc(C2CC(=O)Nc3c2c(=O)nc(SCc2ccccc2F)n3C)ccc1O. The third-order valence-corrected chi connectivity index (χ3v) is 6.38. The molecule has 1 amide bonds. The van der Waals surface area contributed by atoms with Crippen LogP contribution in [0.5, 0.6) is 11.5 Å². The molecule has 3 aromatic rings. The molecular weight excluding hydrogens is 433 g/mol. The van der Waals surface area contributed by atoms with Gasteiger partial charge in [-0.1, -0.05) is 36.0 Å². The van der Waals surface area contributed by atoms with Crippen molar-refractivity contribution < 1.29 is 19.0 Å². The van der Waals surface area contributed by atoms with E-state index in [0.717, 1.165) is 0 Å². The normalized spacial score (nSPS) is 15.2. The first-order chi connectivity index (χ1) is 15.4. The molecule has 1 unspecified atom stereocenters. The van der Waals surface area contributed by atoms with E-state index in [4.69, 9.17) is 4.74 Å². The van der Waals surface area contributed by atoms with Gasteiger partial charge >= 0.3 is 0 Å². The molecule has 1 aliphatic rings. The number of carbonyl (C=O) groups is 1. The first kappa shape index (κ1) is 21.9. The van der Waals surface area contributed by atoms with Gasteiger partial charge in [0.05, 0.1) is 12.2 Å². The number of aromatic hydroxyl groups is 1. The number of carbonyl (C=O) groups excluding carboxylic acids is 1. The first-order valence-electron chi connectivity index (χ1n) is 10.1. The molecule has 0 radical (unpaired) electrons. The third-order valence-electron chi connectivity index (χ3n) is 5.30. The van der Waals surface area contributed by atoms with Crippen LogP contribution in [0, 0.1) is 5.82 Å². The molecule has 32 heavy (non-hydrogen) atoms. The molecule has 4 rings (SSSR count). The van der Waals surface area contributed by atoms with Gasteiger partial charge in [-0.15, -0.1) is 0 Å². The van der Waals surface area contributed by atoms with E-state index in [1.165, 1.54) is 23.9 Å². The van der Waals surface area contributed by atoms with Gasteiger partial charge in [-0.05, 0) is 36.2 Å². The number of benzene rings is 2. The first-order valence-corrected chi connectivity index (χ1v) is 11.1. The van der Waals surface area contributed by atoms with Crippen LogP contribution in [0.1, 0.15) is 36.0 Å². The van der Waals surface area contributed by atoms with Crippen molar-refractivity contribution in [2.24, 2.45) is 7.05 Å². The van der Waals surface area contributed by atoms with Gasteiger partial charge in [-0.2, -0.15) is 4.98 Å². The summed E-state index contributed by atoms with van der Waals surface area (Å²) >= 11 is 1.22. The van der Waals surface area contributed by atoms with E-state index < -0.39 is 11.5 Å². The van der Waals surface area contributed by atoms with Crippen LogP contribution in [0.3, 0.4) is 0 Å². The lowest BCUT2D eigenvalue weighted by atomic mass is 9.86. The van der Waals surface area contributed by atoms with Crippen LogP contribution in [-0.2, 0) is 17.6 Å². The molecule has 166 valence electrons. The second-order valence-corrected chi connectivity index (χ2v) is 8.31. The second kappa shape index (κ2) is 9.04. The minimum absolute atomic E-state index is 0.0120. The Labute approximate surface area is 188 Å². The second-order valence-electron chi connectivity index (χ2n) is 7.37. The molecule has 0 bridgehead atoms. The predicted octanol–water partition coefficient (Wildman–Crippen LogP) is 3.79. The van der Waals surface area contributed by atoms with E-state index in [9.17, 15) is 19.1 Å². The molecule has 9 heteroatoms. The van der Waals surface area contributed by atoms with Crippen molar-refractivity contribution in [1.29, 1.82) is 0 Å². The fourth-order valence-corrected chi connectivity index (χ4v) is 4.68. The van der Waals surface area contributed by atoms with Crippen molar-refractivity contribution in [2.75, 3.05) is 11.9 Å². The van der Waals surface area contributed by atoms with Crippen molar-refractivity contribution in [1.82, 2.24) is 9.55 Å². The molecule has 7 nitrogen and oxygen atoms in total. The van der Waals surface area contributed by atoms with Crippen molar-refractivity contribution in [3.8, 4) is 11.5 Å². The van der Waals surface area contributed by atoms with Crippen molar-refractivity contribution in [3.05, 3.63) is 75.3 Å². The zero-order chi connectivity index (χ0) is 22.8. The maximum absolute atomic E-state index is 14.0. The van der Waals surface area contributed by atoms with E-state index in [2.05, 4.69) is 10.3 Å². The summed E-state index contributed by atoms with van der Waals surface area (Å²) in [5, 5.41) is 13.2. The van der Waals surface area contributed by atoms with Gasteiger partial charge in [-0.3, -0.25) is 9.59 Å². The number of hydrogen-bond acceptors (Lipinski definition) is 6. The maximum Gasteiger partial charge on any atom is 0.279 e. The molecule has 0 aliphatic carbocycles. The highest BCUT2D eigenvalue weighted by Gasteiger charge is 2.32. The topological polar surface area (TPSA) is 93.5 Å². The fraction of sp³-hybridized carbons (Fsp3) is 0.261. The number of ether oxygens (including phenoxy) is 1.